The number of nitrogens with one attached hydrogen (secondary N) is 1. The molecule has 1 aliphatic heterocycles. The summed E-state index contributed by atoms with van der Waals surface area (Å²) in [5.74, 6) is -0.112. The average Bonchev–Trinajstić information content (AvgIpc) is 2.93. The van der Waals surface area contributed by atoms with Gasteiger partial charge in [0.05, 0.1) is 5.69 Å². The maximum atomic E-state index is 11.2. The topological polar surface area (TPSA) is 76.4 Å². The van der Waals surface area contributed by atoms with Crippen molar-refractivity contribution in [1.29, 1.82) is 0 Å². The van der Waals surface area contributed by atoms with Gasteiger partial charge in [-0.25, -0.2) is 0 Å². The van der Waals surface area contributed by atoms with Crippen molar-refractivity contribution in [1.82, 2.24) is 15.1 Å². The first kappa shape index (κ1) is 14.0. The van der Waals surface area contributed by atoms with Crippen LogP contribution in [0.15, 0.2) is 12.3 Å². The van der Waals surface area contributed by atoms with Crippen molar-refractivity contribution in [3.8, 4) is 0 Å². The van der Waals surface area contributed by atoms with E-state index < -0.39 is 6.61 Å². The SMILES string of the molecule is CCn1nccc1[C@@H]1OCCC[C@H]1CNC(=O)CO. The van der Waals surface area contributed by atoms with Crippen molar-refractivity contribution in [2.24, 2.45) is 5.92 Å². The summed E-state index contributed by atoms with van der Waals surface area (Å²) in [6.45, 7) is 3.65. The zero-order valence-electron chi connectivity index (χ0n) is 11.2. The standard InChI is InChI=1S/C13H21N3O3/c1-2-16-11(5-6-15-16)13-10(4-3-7-19-13)8-14-12(18)9-17/h5-6,10,13,17H,2-4,7-9H2,1H3,(H,14,18)/t10-,13+/m0/s1. The van der Waals surface area contributed by atoms with Crippen LogP contribution in [0.3, 0.4) is 0 Å². The summed E-state index contributed by atoms with van der Waals surface area (Å²) in [5, 5.41) is 15.7. The lowest BCUT2D eigenvalue weighted by Crippen LogP contribution is -2.36. The Kier molecular flexibility index (Phi) is 4.93. The molecule has 0 radical (unpaired) electrons. The molecular weight excluding hydrogens is 246 g/mol. The van der Waals surface area contributed by atoms with E-state index in [0.717, 1.165) is 31.7 Å². The molecule has 1 fully saturated rings. The normalized spacial score (nSPS) is 23.3. The Morgan fingerprint density at radius 1 is 1.68 bits per heavy atom. The van der Waals surface area contributed by atoms with E-state index in [0.29, 0.717) is 6.54 Å². The van der Waals surface area contributed by atoms with Crippen LogP contribution in [-0.2, 0) is 16.1 Å². The molecule has 2 heterocycles. The molecule has 0 bridgehead atoms. The first-order valence-electron chi connectivity index (χ1n) is 6.77. The van der Waals surface area contributed by atoms with Crippen molar-refractivity contribution in [2.75, 3.05) is 19.8 Å². The van der Waals surface area contributed by atoms with Crippen LogP contribution >= 0.6 is 0 Å². The number of aliphatic hydroxyl groups is 1. The molecule has 0 spiro atoms. The number of rotatable bonds is 5. The molecule has 19 heavy (non-hydrogen) atoms. The predicted octanol–water partition coefficient (Wildman–Crippen LogP) is 0.479. The zero-order valence-corrected chi connectivity index (χ0v) is 11.2. The highest BCUT2D eigenvalue weighted by Crippen LogP contribution is 2.33. The van der Waals surface area contributed by atoms with Gasteiger partial charge in [0.2, 0.25) is 5.91 Å². The Morgan fingerprint density at radius 2 is 2.53 bits per heavy atom. The van der Waals surface area contributed by atoms with Crippen LogP contribution in [0.1, 0.15) is 31.6 Å². The number of aliphatic hydroxyl groups excluding tert-OH is 1. The van der Waals surface area contributed by atoms with Crippen LogP contribution in [0.5, 0.6) is 0 Å². The number of nitrogens with zero attached hydrogens (tertiary/aromatic N) is 2. The average molecular weight is 267 g/mol. The molecule has 0 saturated carbocycles. The molecule has 106 valence electrons. The van der Waals surface area contributed by atoms with Gasteiger partial charge in [-0.2, -0.15) is 5.10 Å². The summed E-state index contributed by atoms with van der Waals surface area (Å²) in [6.07, 6.45) is 3.75. The maximum absolute atomic E-state index is 11.2. The number of hydrogen-bond acceptors (Lipinski definition) is 4. The number of aromatic nitrogens is 2. The summed E-state index contributed by atoms with van der Waals surface area (Å²) in [7, 11) is 0. The molecule has 0 aliphatic carbocycles. The van der Waals surface area contributed by atoms with Crippen molar-refractivity contribution >= 4 is 5.91 Å². The fourth-order valence-electron chi connectivity index (χ4n) is 2.53. The summed E-state index contributed by atoms with van der Waals surface area (Å²) >= 11 is 0. The summed E-state index contributed by atoms with van der Waals surface area (Å²) in [5.41, 5.74) is 1.06. The lowest BCUT2D eigenvalue weighted by Gasteiger charge is -2.32. The molecule has 1 saturated heterocycles. The largest absolute Gasteiger partial charge is 0.387 e. The van der Waals surface area contributed by atoms with Crippen LogP contribution in [-0.4, -0.2) is 40.6 Å². The molecule has 1 aromatic heterocycles. The van der Waals surface area contributed by atoms with Crippen molar-refractivity contribution in [3.63, 3.8) is 0 Å². The Balaban J connectivity index is 2.05. The van der Waals surface area contributed by atoms with E-state index in [9.17, 15) is 4.79 Å². The van der Waals surface area contributed by atoms with Crippen molar-refractivity contribution < 1.29 is 14.6 Å². The highest BCUT2D eigenvalue weighted by molar-refractivity contribution is 5.76. The smallest absolute Gasteiger partial charge is 0.245 e. The summed E-state index contributed by atoms with van der Waals surface area (Å²) in [6, 6.07) is 1.97. The van der Waals surface area contributed by atoms with Gasteiger partial charge in [-0.05, 0) is 25.8 Å². The van der Waals surface area contributed by atoms with Crippen LogP contribution < -0.4 is 5.32 Å². The second-order valence-electron chi connectivity index (χ2n) is 4.73. The molecule has 0 unspecified atom stereocenters. The van der Waals surface area contributed by atoms with Gasteiger partial charge in [0.25, 0.3) is 0 Å². The van der Waals surface area contributed by atoms with Gasteiger partial charge in [-0.15, -0.1) is 0 Å². The Bertz CT molecular complexity index is 419. The van der Waals surface area contributed by atoms with Gasteiger partial charge in [0.1, 0.15) is 12.7 Å². The number of aryl methyl sites for hydroxylation is 1. The molecule has 1 aromatic rings. The van der Waals surface area contributed by atoms with Crippen LogP contribution in [0.25, 0.3) is 0 Å². The number of amides is 1. The highest BCUT2D eigenvalue weighted by Gasteiger charge is 2.29. The van der Waals surface area contributed by atoms with Crippen LogP contribution in [0, 0.1) is 5.92 Å². The molecule has 6 nitrogen and oxygen atoms in total. The summed E-state index contributed by atoms with van der Waals surface area (Å²) in [4.78, 5) is 11.2. The molecule has 2 N–H and O–H groups in total. The number of ether oxygens (including phenoxy) is 1. The molecule has 6 heteroatoms. The third-order valence-corrected chi connectivity index (χ3v) is 3.49. The number of carbonyl (C=O) groups excluding carboxylic acids is 1. The van der Waals surface area contributed by atoms with E-state index in [-0.39, 0.29) is 17.9 Å². The van der Waals surface area contributed by atoms with Gasteiger partial charge in [0, 0.05) is 31.8 Å². The molecule has 2 rings (SSSR count). The minimum absolute atomic E-state index is 0.0322. The van der Waals surface area contributed by atoms with E-state index >= 15 is 0 Å². The zero-order chi connectivity index (χ0) is 13.7. The minimum Gasteiger partial charge on any atom is -0.387 e. The van der Waals surface area contributed by atoms with Gasteiger partial charge in [0.15, 0.2) is 0 Å². The van der Waals surface area contributed by atoms with Gasteiger partial charge in [-0.1, -0.05) is 0 Å². The molecule has 1 amide bonds. The lowest BCUT2D eigenvalue weighted by atomic mass is 9.92. The van der Waals surface area contributed by atoms with Gasteiger partial charge >= 0.3 is 0 Å². The van der Waals surface area contributed by atoms with Crippen molar-refractivity contribution in [2.45, 2.75) is 32.4 Å². The van der Waals surface area contributed by atoms with E-state index in [1.807, 2.05) is 17.7 Å². The van der Waals surface area contributed by atoms with E-state index in [4.69, 9.17) is 9.84 Å². The highest BCUT2D eigenvalue weighted by atomic mass is 16.5. The number of carbonyl (C=O) groups is 1. The van der Waals surface area contributed by atoms with E-state index in [2.05, 4.69) is 10.4 Å². The lowest BCUT2D eigenvalue weighted by molar-refractivity contribution is -0.124. The number of hydrogen-bond donors (Lipinski definition) is 2. The molecular formula is C13H21N3O3. The third-order valence-electron chi connectivity index (χ3n) is 3.49. The fourth-order valence-corrected chi connectivity index (χ4v) is 2.53. The Labute approximate surface area is 112 Å². The maximum Gasteiger partial charge on any atom is 0.245 e. The third kappa shape index (κ3) is 3.33. The molecule has 2 atom stereocenters. The Hall–Kier alpha value is -1.40. The van der Waals surface area contributed by atoms with E-state index in [1.165, 1.54) is 0 Å². The predicted molar refractivity (Wildman–Crippen MR) is 69.4 cm³/mol. The molecule has 1 aliphatic rings. The molecule has 0 aromatic carbocycles. The van der Waals surface area contributed by atoms with Gasteiger partial charge < -0.3 is 15.2 Å². The summed E-state index contributed by atoms with van der Waals surface area (Å²) < 4.78 is 7.80. The van der Waals surface area contributed by atoms with E-state index in [1.54, 1.807) is 6.20 Å². The minimum atomic E-state index is -0.467. The first-order valence-corrected chi connectivity index (χ1v) is 6.77. The van der Waals surface area contributed by atoms with Crippen LogP contribution in [0.4, 0.5) is 0 Å². The fraction of sp³-hybridized carbons (Fsp3) is 0.692. The quantitative estimate of drug-likeness (QED) is 0.813. The Morgan fingerprint density at radius 3 is 3.26 bits per heavy atom. The second kappa shape index (κ2) is 6.68. The van der Waals surface area contributed by atoms with Crippen molar-refractivity contribution in [3.05, 3.63) is 18.0 Å². The monoisotopic (exact) mass is 267 g/mol. The van der Waals surface area contributed by atoms with Crippen LogP contribution in [0.2, 0.25) is 0 Å². The first-order chi connectivity index (χ1) is 9.26. The van der Waals surface area contributed by atoms with Gasteiger partial charge in [-0.3, -0.25) is 9.48 Å². The second-order valence-corrected chi connectivity index (χ2v) is 4.73.